The molecule has 0 heterocycles. The molecule has 0 spiro atoms. The maximum atomic E-state index is 10.8. The molecule has 0 saturated heterocycles. The fourth-order valence-corrected chi connectivity index (χ4v) is 1.78. The van der Waals surface area contributed by atoms with Crippen molar-refractivity contribution in [2.24, 2.45) is 0 Å². The quantitative estimate of drug-likeness (QED) is 0.746. The summed E-state index contributed by atoms with van der Waals surface area (Å²) >= 11 is 8.77. The van der Waals surface area contributed by atoms with Gasteiger partial charge in [0.15, 0.2) is 0 Å². The molecule has 0 amide bonds. The van der Waals surface area contributed by atoms with E-state index in [0.29, 0.717) is 6.42 Å². The van der Waals surface area contributed by atoms with Crippen LogP contribution in [0.25, 0.3) is 0 Å². The third-order valence-corrected chi connectivity index (χ3v) is 3.08. The van der Waals surface area contributed by atoms with Crippen molar-refractivity contribution in [2.75, 3.05) is 0 Å². The second kappa shape index (κ2) is 4.25. The van der Waals surface area contributed by atoms with Crippen molar-refractivity contribution in [3.05, 3.63) is 33.3 Å². The molecule has 70 valence electrons. The second-order valence-electron chi connectivity index (χ2n) is 3.00. The van der Waals surface area contributed by atoms with Gasteiger partial charge in [0.05, 0.1) is 0 Å². The van der Waals surface area contributed by atoms with Gasteiger partial charge in [-0.3, -0.25) is 4.79 Å². The van der Waals surface area contributed by atoms with Gasteiger partial charge in [0.25, 0.3) is 0 Å². The van der Waals surface area contributed by atoms with Crippen LogP contribution in [0.2, 0.25) is 0 Å². The Kier molecular flexibility index (Phi) is 3.51. The first-order valence-corrected chi connectivity index (χ1v) is 5.12. The van der Waals surface area contributed by atoms with E-state index >= 15 is 0 Å². The molecule has 0 aromatic heterocycles. The van der Waals surface area contributed by atoms with Gasteiger partial charge in [0, 0.05) is 10.9 Å². The second-order valence-corrected chi connectivity index (χ2v) is 4.28. The largest absolute Gasteiger partial charge is 0.281 e. The van der Waals surface area contributed by atoms with Crippen LogP contribution in [0.3, 0.4) is 0 Å². The zero-order valence-corrected chi connectivity index (χ0v) is 9.87. The van der Waals surface area contributed by atoms with Crippen LogP contribution in [0.15, 0.2) is 16.6 Å². The SMILES string of the molecule is Cc1ccc(Br)c(C)c1CC(=O)Cl. The van der Waals surface area contributed by atoms with Gasteiger partial charge in [-0.2, -0.15) is 0 Å². The topological polar surface area (TPSA) is 17.1 Å². The van der Waals surface area contributed by atoms with E-state index in [1.807, 2.05) is 26.0 Å². The molecule has 13 heavy (non-hydrogen) atoms. The molecule has 1 nitrogen and oxygen atoms in total. The number of hydrogen-bond donors (Lipinski definition) is 0. The lowest BCUT2D eigenvalue weighted by atomic mass is 10.0. The molecule has 0 fully saturated rings. The highest BCUT2D eigenvalue weighted by molar-refractivity contribution is 9.10. The average Bonchev–Trinajstić information content (AvgIpc) is 2.05. The Morgan fingerprint density at radius 2 is 2.08 bits per heavy atom. The van der Waals surface area contributed by atoms with Crippen LogP contribution in [-0.2, 0) is 11.2 Å². The number of aryl methyl sites for hydroxylation is 1. The summed E-state index contributed by atoms with van der Waals surface area (Å²) in [5.41, 5.74) is 3.22. The summed E-state index contributed by atoms with van der Waals surface area (Å²) < 4.78 is 1.02. The molecule has 1 aromatic carbocycles. The molecule has 0 aliphatic carbocycles. The Labute approximate surface area is 91.2 Å². The summed E-state index contributed by atoms with van der Waals surface area (Å²) in [6, 6.07) is 3.96. The lowest BCUT2D eigenvalue weighted by Gasteiger charge is -2.08. The zero-order valence-electron chi connectivity index (χ0n) is 7.53. The van der Waals surface area contributed by atoms with Crippen LogP contribution in [0, 0.1) is 13.8 Å². The van der Waals surface area contributed by atoms with E-state index in [2.05, 4.69) is 15.9 Å². The summed E-state index contributed by atoms with van der Waals surface area (Å²) in [7, 11) is 0. The number of benzene rings is 1. The van der Waals surface area contributed by atoms with Crippen molar-refractivity contribution < 1.29 is 4.79 Å². The predicted molar refractivity (Wildman–Crippen MR) is 58.2 cm³/mol. The maximum Gasteiger partial charge on any atom is 0.226 e. The molecule has 0 bridgehead atoms. The lowest BCUT2D eigenvalue weighted by molar-refractivity contribution is -0.111. The van der Waals surface area contributed by atoms with E-state index in [-0.39, 0.29) is 5.24 Å². The Hall–Kier alpha value is -0.340. The maximum absolute atomic E-state index is 10.8. The minimum absolute atomic E-state index is 0.304. The van der Waals surface area contributed by atoms with Gasteiger partial charge in [0.1, 0.15) is 0 Å². The highest BCUT2D eigenvalue weighted by Gasteiger charge is 2.08. The Balaban J connectivity index is 3.17. The molecule has 0 aliphatic rings. The first-order chi connectivity index (χ1) is 6.02. The van der Waals surface area contributed by atoms with Crippen LogP contribution in [0.4, 0.5) is 0 Å². The van der Waals surface area contributed by atoms with E-state index in [4.69, 9.17) is 11.6 Å². The minimum atomic E-state index is -0.315. The number of rotatable bonds is 2. The number of hydrogen-bond acceptors (Lipinski definition) is 1. The van der Waals surface area contributed by atoms with Crippen molar-refractivity contribution in [1.82, 2.24) is 0 Å². The standard InChI is InChI=1S/C10H10BrClO/c1-6-3-4-9(11)7(2)8(6)5-10(12)13/h3-4H,5H2,1-2H3. The van der Waals surface area contributed by atoms with Crippen LogP contribution >= 0.6 is 27.5 Å². The fourth-order valence-electron chi connectivity index (χ4n) is 1.27. The molecule has 0 saturated carbocycles. The molecule has 1 rings (SSSR count). The molecular weight excluding hydrogens is 251 g/mol. The normalized spacial score (nSPS) is 10.2. The Bertz CT molecular complexity index is 347. The van der Waals surface area contributed by atoms with Crippen LogP contribution < -0.4 is 0 Å². The first kappa shape index (κ1) is 10.7. The van der Waals surface area contributed by atoms with Gasteiger partial charge in [0.2, 0.25) is 5.24 Å². The lowest BCUT2D eigenvalue weighted by Crippen LogP contribution is -2.00. The number of carbonyl (C=O) groups excluding carboxylic acids is 1. The summed E-state index contributed by atoms with van der Waals surface area (Å²) in [6.45, 7) is 3.96. The summed E-state index contributed by atoms with van der Waals surface area (Å²) in [6.07, 6.45) is 0.304. The highest BCUT2D eigenvalue weighted by Crippen LogP contribution is 2.23. The minimum Gasteiger partial charge on any atom is -0.281 e. The van der Waals surface area contributed by atoms with Crippen molar-refractivity contribution in [2.45, 2.75) is 20.3 Å². The fraction of sp³-hybridized carbons (Fsp3) is 0.300. The van der Waals surface area contributed by atoms with Gasteiger partial charge < -0.3 is 0 Å². The molecule has 0 atom stereocenters. The molecule has 0 radical (unpaired) electrons. The molecular formula is C10H10BrClO. The third-order valence-electron chi connectivity index (χ3n) is 2.08. The molecule has 0 aliphatic heterocycles. The van der Waals surface area contributed by atoms with Crippen molar-refractivity contribution in [3.63, 3.8) is 0 Å². The molecule has 1 aromatic rings. The highest BCUT2D eigenvalue weighted by atomic mass is 79.9. The molecule has 0 N–H and O–H groups in total. The van der Waals surface area contributed by atoms with Gasteiger partial charge in [-0.15, -0.1) is 0 Å². The third kappa shape index (κ3) is 2.55. The van der Waals surface area contributed by atoms with Gasteiger partial charge >= 0.3 is 0 Å². The van der Waals surface area contributed by atoms with E-state index in [9.17, 15) is 4.79 Å². The van der Waals surface area contributed by atoms with E-state index in [0.717, 1.165) is 21.2 Å². The number of halogens is 2. The van der Waals surface area contributed by atoms with Gasteiger partial charge in [-0.05, 0) is 48.2 Å². The van der Waals surface area contributed by atoms with Gasteiger partial charge in [-0.1, -0.05) is 22.0 Å². The van der Waals surface area contributed by atoms with Crippen LogP contribution in [0.1, 0.15) is 16.7 Å². The summed E-state index contributed by atoms with van der Waals surface area (Å²) in [5, 5.41) is -0.315. The molecule has 0 unspecified atom stereocenters. The average molecular weight is 262 g/mol. The summed E-state index contributed by atoms with van der Waals surface area (Å²) in [4.78, 5) is 10.8. The first-order valence-electron chi connectivity index (χ1n) is 3.95. The Morgan fingerprint density at radius 1 is 1.46 bits per heavy atom. The van der Waals surface area contributed by atoms with Crippen LogP contribution in [0.5, 0.6) is 0 Å². The van der Waals surface area contributed by atoms with Crippen molar-refractivity contribution in [1.29, 1.82) is 0 Å². The van der Waals surface area contributed by atoms with Crippen molar-refractivity contribution >= 4 is 32.8 Å². The number of carbonyl (C=O) groups is 1. The zero-order chi connectivity index (χ0) is 10.0. The monoisotopic (exact) mass is 260 g/mol. The smallest absolute Gasteiger partial charge is 0.226 e. The van der Waals surface area contributed by atoms with E-state index in [1.54, 1.807) is 0 Å². The van der Waals surface area contributed by atoms with E-state index in [1.165, 1.54) is 0 Å². The van der Waals surface area contributed by atoms with E-state index < -0.39 is 0 Å². The molecule has 3 heteroatoms. The Morgan fingerprint density at radius 3 is 2.62 bits per heavy atom. The van der Waals surface area contributed by atoms with Crippen LogP contribution in [-0.4, -0.2) is 5.24 Å². The van der Waals surface area contributed by atoms with Gasteiger partial charge in [-0.25, -0.2) is 0 Å². The predicted octanol–water partition coefficient (Wildman–Crippen LogP) is 3.37. The summed E-state index contributed by atoms with van der Waals surface area (Å²) in [5.74, 6) is 0. The van der Waals surface area contributed by atoms with Crippen molar-refractivity contribution in [3.8, 4) is 0 Å².